The Labute approximate surface area is 272 Å². The summed E-state index contributed by atoms with van der Waals surface area (Å²) in [4.78, 5) is 37.3. The molecule has 1 aliphatic heterocycles. The summed E-state index contributed by atoms with van der Waals surface area (Å²) in [6.45, 7) is 8.67. The van der Waals surface area contributed by atoms with Crippen LogP contribution in [-0.4, -0.2) is 66.9 Å². The highest BCUT2D eigenvalue weighted by atomic mass is 32.2. The van der Waals surface area contributed by atoms with E-state index in [2.05, 4.69) is 22.0 Å². The van der Waals surface area contributed by atoms with Crippen LogP contribution >= 0.6 is 0 Å². The van der Waals surface area contributed by atoms with Gasteiger partial charge < -0.3 is 9.80 Å². The highest BCUT2D eigenvalue weighted by molar-refractivity contribution is 7.91. The summed E-state index contributed by atoms with van der Waals surface area (Å²) in [6, 6.07) is 25.1. The minimum atomic E-state index is -3.66. The van der Waals surface area contributed by atoms with Crippen LogP contribution in [0.1, 0.15) is 42.0 Å². The molecule has 2 amide bonds. The topological polar surface area (TPSA) is 90.9 Å². The number of fused-ring (bicyclic) bond motifs is 1. The zero-order chi connectivity index (χ0) is 32.7. The van der Waals surface area contributed by atoms with E-state index in [1.807, 2.05) is 62.4 Å². The van der Waals surface area contributed by atoms with Gasteiger partial charge >= 0.3 is 0 Å². The SMILES string of the molecule is CC(=O)N1CCCN(Cc2ccccc2)CCN(C(=O)CCS(=O)(=O)c2ccc(C)c(C)c2)Cc2cc(-c3cccnc3)ccc21. The van der Waals surface area contributed by atoms with Crippen LogP contribution in [0.3, 0.4) is 0 Å². The van der Waals surface area contributed by atoms with E-state index in [0.717, 1.165) is 46.5 Å². The fourth-order valence-electron chi connectivity index (χ4n) is 5.86. The van der Waals surface area contributed by atoms with Crippen molar-refractivity contribution in [3.8, 4) is 11.1 Å². The molecule has 46 heavy (non-hydrogen) atoms. The van der Waals surface area contributed by atoms with E-state index in [4.69, 9.17) is 0 Å². The molecule has 0 saturated carbocycles. The minimum absolute atomic E-state index is 0.0680. The molecule has 240 valence electrons. The molecule has 4 aromatic rings. The number of rotatable bonds is 7. The van der Waals surface area contributed by atoms with Gasteiger partial charge in [0.2, 0.25) is 11.8 Å². The Morgan fingerprint density at radius 1 is 0.826 bits per heavy atom. The average Bonchev–Trinajstić information content (AvgIpc) is 3.08. The van der Waals surface area contributed by atoms with E-state index < -0.39 is 9.84 Å². The maximum absolute atomic E-state index is 13.9. The Bertz CT molecular complexity index is 1780. The number of aryl methyl sites for hydroxylation is 2. The standard InChI is InChI=1S/C37H42N4O4S/c1-28-12-14-35(23-29(28)2)46(44,45)22-16-37(43)40-21-20-39(26-31-9-5-4-6-10-31)18-8-19-41(30(3)42)36-15-13-32(24-34(36)27-40)33-11-7-17-38-25-33/h4-7,9-15,17,23-25H,8,16,18-22,26-27H2,1-3H3. The molecule has 0 saturated heterocycles. The highest BCUT2D eigenvalue weighted by Crippen LogP contribution is 2.30. The third-order valence-corrected chi connectivity index (χ3v) is 10.4. The van der Waals surface area contributed by atoms with Crippen molar-refractivity contribution in [3.05, 3.63) is 114 Å². The number of pyridine rings is 1. The molecule has 0 unspecified atom stereocenters. The molecule has 0 spiro atoms. The molecule has 8 nitrogen and oxygen atoms in total. The summed E-state index contributed by atoms with van der Waals surface area (Å²) in [6.07, 6.45) is 4.14. The van der Waals surface area contributed by atoms with Crippen LogP contribution in [0.25, 0.3) is 11.1 Å². The first-order valence-corrected chi connectivity index (χ1v) is 17.4. The van der Waals surface area contributed by atoms with Gasteiger partial charge in [-0.25, -0.2) is 8.42 Å². The van der Waals surface area contributed by atoms with Crippen LogP contribution in [0, 0.1) is 13.8 Å². The molecule has 2 heterocycles. The van der Waals surface area contributed by atoms with E-state index >= 15 is 0 Å². The molecule has 0 radical (unpaired) electrons. The Hall–Kier alpha value is -4.34. The summed E-state index contributed by atoms with van der Waals surface area (Å²) >= 11 is 0. The van der Waals surface area contributed by atoms with E-state index in [0.29, 0.717) is 26.2 Å². The molecule has 1 aliphatic rings. The lowest BCUT2D eigenvalue weighted by molar-refractivity contribution is -0.131. The predicted molar refractivity (Wildman–Crippen MR) is 182 cm³/mol. The smallest absolute Gasteiger partial charge is 0.223 e. The van der Waals surface area contributed by atoms with Crippen molar-refractivity contribution in [1.82, 2.24) is 14.8 Å². The summed E-state index contributed by atoms with van der Waals surface area (Å²) in [5, 5.41) is 0. The Kier molecular flexibility index (Phi) is 10.7. The molecular weight excluding hydrogens is 596 g/mol. The lowest BCUT2D eigenvalue weighted by Crippen LogP contribution is -2.39. The number of hydrogen-bond acceptors (Lipinski definition) is 6. The first kappa shape index (κ1) is 33.0. The second kappa shape index (κ2) is 14.8. The molecule has 3 aromatic carbocycles. The maximum atomic E-state index is 13.9. The number of hydrogen-bond donors (Lipinski definition) is 0. The minimum Gasteiger partial charge on any atom is -0.337 e. The van der Waals surface area contributed by atoms with Crippen LogP contribution in [0.2, 0.25) is 0 Å². The highest BCUT2D eigenvalue weighted by Gasteiger charge is 2.25. The van der Waals surface area contributed by atoms with Crippen molar-refractivity contribution in [3.63, 3.8) is 0 Å². The number of sulfone groups is 1. The largest absolute Gasteiger partial charge is 0.337 e. The van der Waals surface area contributed by atoms with Crippen molar-refractivity contribution >= 4 is 27.3 Å². The third-order valence-electron chi connectivity index (χ3n) is 8.67. The fraction of sp³-hybridized carbons (Fsp3) is 0.324. The van der Waals surface area contributed by atoms with Gasteiger partial charge in [0.1, 0.15) is 0 Å². The number of amides is 2. The van der Waals surface area contributed by atoms with Crippen molar-refractivity contribution in [1.29, 1.82) is 0 Å². The number of anilines is 1. The van der Waals surface area contributed by atoms with Gasteiger partial charge in [0.15, 0.2) is 9.84 Å². The molecular formula is C37H42N4O4S. The van der Waals surface area contributed by atoms with Gasteiger partial charge in [-0.1, -0.05) is 48.5 Å². The quantitative estimate of drug-likeness (QED) is 0.254. The van der Waals surface area contributed by atoms with E-state index in [9.17, 15) is 18.0 Å². The van der Waals surface area contributed by atoms with Crippen LogP contribution in [-0.2, 0) is 32.5 Å². The summed E-state index contributed by atoms with van der Waals surface area (Å²) in [5.74, 6) is -0.583. The van der Waals surface area contributed by atoms with Crippen molar-refractivity contribution in [2.45, 2.75) is 51.6 Å². The molecule has 0 aliphatic carbocycles. The Morgan fingerprint density at radius 2 is 1.63 bits per heavy atom. The zero-order valence-electron chi connectivity index (χ0n) is 26.9. The summed E-state index contributed by atoms with van der Waals surface area (Å²) in [5.41, 5.74) is 6.54. The molecule has 0 bridgehead atoms. The normalized spacial score (nSPS) is 14.8. The van der Waals surface area contributed by atoms with Crippen LogP contribution in [0.15, 0.2) is 96.2 Å². The second-order valence-corrected chi connectivity index (χ2v) is 14.1. The van der Waals surface area contributed by atoms with Crippen LogP contribution < -0.4 is 4.90 Å². The lowest BCUT2D eigenvalue weighted by Gasteiger charge is -2.28. The Morgan fingerprint density at radius 3 is 2.35 bits per heavy atom. The van der Waals surface area contributed by atoms with E-state index in [1.54, 1.807) is 47.3 Å². The lowest BCUT2D eigenvalue weighted by atomic mass is 10.0. The number of benzene rings is 3. The number of nitrogens with zero attached hydrogens (tertiary/aromatic N) is 4. The van der Waals surface area contributed by atoms with Crippen molar-refractivity contribution in [2.75, 3.05) is 36.8 Å². The molecule has 5 rings (SSSR count). The monoisotopic (exact) mass is 638 g/mol. The van der Waals surface area contributed by atoms with Crippen molar-refractivity contribution < 1.29 is 18.0 Å². The molecule has 0 N–H and O–H groups in total. The third kappa shape index (κ3) is 8.27. The molecule has 0 atom stereocenters. The average molecular weight is 639 g/mol. The predicted octanol–water partition coefficient (Wildman–Crippen LogP) is 5.82. The fourth-order valence-corrected chi connectivity index (χ4v) is 7.18. The number of aromatic nitrogens is 1. The van der Waals surface area contributed by atoms with E-state index in [-0.39, 0.29) is 35.4 Å². The van der Waals surface area contributed by atoms with Crippen LogP contribution in [0.4, 0.5) is 5.69 Å². The van der Waals surface area contributed by atoms with Gasteiger partial charge in [-0.3, -0.25) is 19.5 Å². The van der Waals surface area contributed by atoms with E-state index in [1.165, 1.54) is 5.56 Å². The summed E-state index contributed by atoms with van der Waals surface area (Å²) < 4.78 is 26.6. The van der Waals surface area contributed by atoms with Gasteiger partial charge in [0, 0.05) is 70.7 Å². The van der Waals surface area contributed by atoms with Gasteiger partial charge in [-0.2, -0.15) is 0 Å². The van der Waals surface area contributed by atoms with Gasteiger partial charge in [0.05, 0.1) is 10.6 Å². The number of carbonyl (C=O) groups excluding carboxylic acids is 2. The van der Waals surface area contributed by atoms with Gasteiger partial charge in [-0.05, 0) is 84.0 Å². The van der Waals surface area contributed by atoms with Crippen molar-refractivity contribution in [2.24, 2.45) is 0 Å². The molecule has 0 fully saturated rings. The number of carbonyl (C=O) groups is 2. The molecule has 9 heteroatoms. The van der Waals surface area contributed by atoms with Gasteiger partial charge in [-0.15, -0.1) is 0 Å². The van der Waals surface area contributed by atoms with Gasteiger partial charge in [0.25, 0.3) is 0 Å². The first-order chi connectivity index (χ1) is 22.1. The zero-order valence-corrected chi connectivity index (χ0v) is 27.7. The van der Waals surface area contributed by atoms with Crippen LogP contribution in [0.5, 0.6) is 0 Å². The first-order valence-electron chi connectivity index (χ1n) is 15.8. The summed E-state index contributed by atoms with van der Waals surface area (Å²) in [7, 11) is -3.66. The Balaban J connectivity index is 1.47. The maximum Gasteiger partial charge on any atom is 0.223 e. The molecule has 1 aromatic heterocycles. The second-order valence-electron chi connectivity index (χ2n) is 12.0.